The van der Waals surface area contributed by atoms with Crippen molar-refractivity contribution in [3.05, 3.63) is 80.7 Å². The summed E-state index contributed by atoms with van der Waals surface area (Å²) in [5, 5.41) is 1.56. The van der Waals surface area contributed by atoms with Gasteiger partial charge in [-0.15, -0.1) is 11.3 Å². The molecule has 1 aliphatic carbocycles. The molecule has 0 amide bonds. The number of hydrogen-bond donors (Lipinski definition) is 0. The molecule has 4 nitrogen and oxygen atoms in total. The standard InChI is InChI=1S/C22H19N3OS2/c1-14-7-9-16(10-8-14)25-21(26)19-17-5-2-6-18(17)28-20(19)24-22(25)27-13-15-4-3-11-23-12-15/h3-4,7-12H,2,5-6,13H2,1H3. The van der Waals surface area contributed by atoms with Crippen LogP contribution in [0.4, 0.5) is 0 Å². The van der Waals surface area contributed by atoms with E-state index in [0.717, 1.165) is 51.6 Å². The molecule has 0 spiro atoms. The highest BCUT2D eigenvalue weighted by atomic mass is 32.2. The Hall–Kier alpha value is -2.44. The molecule has 4 aromatic rings. The first kappa shape index (κ1) is 17.6. The molecule has 0 N–H and O–H groups in total. The molecule has 3 heterocycles. The lowest BCUT2D eigenvalue weighted by Crippen LogP contribution is -2.21. The van der Waals surface area contributed by atoms with Crippen LogP contribution in [-0.2, 0) is 18.6 Å². The van der Waals surface area contributed by atoms with Gasteiger partial charge in [0.2, 0.25) is 0 Å². The van der Waals surface area contributed by atoms with Crippen molar-refractivity contribution in [3.63, 3.8) is 0 Å². The molecule has 0 atom stereocenters. The van der Waals surface area contributed by atoms with Gasteiger partial charge < -0.3 is 0 Å². The van der Waals surface area contributed by atoms with Crippen LogP contribution in [0.5, 0.6) is 0 Å². The number of aromatic nitrogens is 3. The lowest BCUT2D eigenvalue weighted by Gasteiger charge is -2.13. The summed E-state index contributed by atoms with van der Waals surface area (Å²) < 4.78 is 1.79. The summed E-state index contributed by atoms with van der Waals surface area (Å²) in [6, 6.07) is 12.1. The predicted molar refractivity (Wildman–Crippen MR) is 116 cm³/mol. The van der Waals surface area contributed by atoms with Crippen LogP contribution in [0.2, 0.25) is 0 Å². The van der Waals surface area contributed by atoms with E-state index in [9.17, 15) is 4.79 Å². The highest BCUT2D eigenvalue weighted by Crippen LogP contribution is 2.36. The molecule has 0 unspecified atom stereocenters. The highest BCUT2D eigenvalue weighted by Gasteiger charge is 2.23. The molecule has 6 heteroatoms. The van der Waals surface area contributed by atoms with Crippen molar-refractivity contribution < 1.29 is 0 Å². The van der Waals surface area contributed by atoms with E-state index in [1.165, 1.54) is 16.0 Å². The first-order chi connectivity index (χ1) is 13.7. The van der Waals surface area contributed by atoms with E-state index < -0.39 is 0 Å². The van der Waals surface area contributed by atoms with Gasteiger partial charge in [-0.1, -0.05) is 35.5 Å². The molecule has 0 saturated heterocycles. The second-order valence-electron chi connectivity index (χ2n) is 7.06. The Balaban J connectivity index is 1.67. The summed E-state index contributed by atoms with van der Waals surface area (Å²) in [5.74, 6) is 0.725. The maximum absolute atomic E-state index is 13.6. The zero-order chi connectivity index (χ0) is 19.1. The lowest BCUT2D eigenvalue weighted by molar-refractivity contribution is 0.819. The van der Waals surface area contributed by atoms with Gasteiger partial charge in [-0.2, -0.15) is 0 Å². The summed E-state index contributed by atoms with van der Waals surface area (Å²) in [7, 11) is 0. The Morgan fingerprint density at radius 3 is 2.82 bits per heavy atom. The average molecular weight is 406 g/mol. The number of rotatable bonds is 4. The molecule has 3 aromatic heterocycles. The van der Waals surface area contributed by atoms with E-state index >= 15 is 0 Å². The molecule has 0 saturated carbocycles. The highest BCUT2D eigenvalue weighted by molar-refractivity contribution is 7.98. The van der Waals surface area contributed by atoms with Gasteiger partial charge in [-0.25, -0.2) is 4.98 Å². The van der Waals surface area contributed by atoms with Crippen molar-refractivity contribution in [2.75, 3.05) is 0 Å². The zero-order valence-corrected chi connectivity index (χ0v) is 17.1. The summed E-state index contributed by atoms with van der Waals surface area (Å²) in [5.41, 5.74) is 4.44. The maximum Gasteiger partial charge on any atom is 0.267 e. The second-order valence-corrected chi connectivity index (χ2v) is 9.08. The van der Waals surface area contributed by atoms with E-state index in [1.54, 1.807) is 33.9 Å². The van der Waals surface area contributed by atoms with Gasteiger partial charge in [-0.3, -0.25) is 14.3 Å². The van der Waals surface area contributed by atoms with Gasteiger partial charge in [0.15, 0.2) is 5.16 Å². The molecule has 1 aromatic carbocycles. The largest absolute Gasteiger partial charge is 0.268 e. The first-order valence-corrected chi connectivity index (χ1v) is 11.2. The monoisotopic (exact) mass is 405 g/mol. The fraction of sp³-hybridized carbons (Fsp3) is 0.227. The van der Waals surface area contributed by atoms with E-state index in [2.05, 4.69) is 11.9 Å². The number of benzene rings is 1. The molecular weight excluding hydrogens is 386 g/mol. The predicted octanol–water partition coefficient (Wildman–Crippen LogP) is 4.93. The van der Waals surface area contributed by atoms with Gasteiger partial charge in [0.25, 0.3) is 5.56 Å². The van der Waals surface area contributed by atoms with Crippen LogP contribution in [0.25, 0.3) is 15.9 Å². The van der Waals surface area contributed by atoms with Crippen LogP contribution in [-0.4, -0.2) is 14.5 Å². The fourth-order valence-electron chi connectivity index (χ4n) is 3.67. The maximum atomic E-state index is 13.6. The number of pyridine rings is 1. The minimum atomic E-state index is 0.0574. The molecule has 5 rings (SSSR count). The molecule has 0 aliphatic heterocycles. The molecule has 0 fully saturated rings. The second kappa shape index (κ2) is 7.18. The van der Waals surface area contributed by atoms with Crippen LogP contribution in [0.3, 0.4) is 0 Å². The van der Waals surface area contributed by atoms with Crippen molar-refractivity contribution >= 4 is 33.3 Å². The van der Waals surface area contributed by atoms with Crippen molar-refractivity contribution in [1.29, 1.82) is 0 Å². The molecule has 0 radical (unpaired) electrons. The number of aryl methyl sites for hydroxylation is 3. The molecule has 1 aliphatic rings. The lowest BCUT2D eigenvalue weighted by atomic mass is 10.2. The van der Waals surface area contributed by atoms with E-state index in [1.807, 2.05) is 42.6 Å². The van der Waals surface area contributed by atoms with Crippen LogP contribution in [0, 0.1) is 6.92 Å². The van der Waals surface area contributed by atoms with Gasteiger partial charge in [-0.05, 0) is 55.5 Å². The Kier molecular flexibility index (Phi) is 4.53. The fourth-order valence-corrected chi connectivity index (χ4v) is 5.92. The molecule has 0 bridgehead atoms. The van der Waals surface area contributed by atoms with Crippen LogP contribution in [0.15, 0.2) is 58.7 Å². The molecule has 140 valence electrons. The van der Waals surface area contributed by atoms with Gasteiger partial charge >= 0.3 is 0 Å². The number of hydrogen-bond acceptors (Lipinski definition) is 5. The van der Waals surface area contributed by atoms with Crippen LogP contribution < -0.4 is 5.56 Å². The topological polar surface area (TPSA) is 47.8 Å². The summed E-state index contributed by atoms with van der Waals surface area (Å²) in [6.45, 7) is 2.05. The Bertz CT molecular complexity index is 1210. The van der Waals surface area contributed by atoms with Crippen LogP contribution in [0.1, 0.15) is 28.0 Å². The number of fused-ring (bicyclic) bond motifs is 3. The number of thiophene rings is 1. The Labute approximate surface area is 171 Å². The number of nitrogens with zero attached hydrogens (tertiary/aromatic N) is 3. The quantitative estimate of drug-likeness (QED) is 0.357. The van der Waals surface area contributed by atoms with Crippen molar-refractivity contribution in [3.8, 4) is 5.69 Å². The summed E-state index contributed by atoms with van der Waals surface area (Å²) >= 11 is 3.28. The van der Waals surface area contributed by atoms with Gasteiger partial charge in [0.05, 0.1) is 11.1 Å². The van der Waals surface area contributed by atoms with Crippen LogP contribution >= 0.6 is 23.1 Å². The SMILES string of the molecule is Cc1ccc(-n2c(SCc3cccnc3)nc3sc4c(c3c2=O)CCC4)cc1. The Morgan fingerprint density at radius 1 is 1.18 bits per heavy atom. The van der Waals surface area contributed by atoms with Gasteiger partial charge in [0.1, 0.15) is 4.83 Å². The third-order valence-corrected chi connectivity index (χ3v) is 7.29. The van der Waals surface area contributed by atoms with Gasteiger partial charge in [0, 0.05) is 23.0 Å². The summed E-state index contributed by atoms with van der Waals surface area (Å²) in [4.78, 5) is 24.9. The first-order valence-electron chi connectivity index (χ1n) is 9.37. The summed E-state index contributed by atoms with van der Waals surface area (Å²) in [6.07, 6.45) is 6.83. The molecular formula is C22H19N3OS2. The van der Waals surface area contributed by atoms with Crippen molar-refractivity contribution in [2.24, 2.45) is 0 Å². The van der Waals surface area contributed by atoms with E-state index in [-0.39, 0.29) is 5.56 Å². The van der Waals surface area contributed by atoms with E-state index in [0.29, 0.717) is 0 Å². The Morgan fingerprint density at radius 2 is 2.04 bits per heavy atom. The number of thioether (sulfide) groups is 1. The third kappa shape index (κ3) is 3.06. The minimum Gasteiger partial charge on any atom is -0.268 e. The van der Waals surface area contributed by atoms with E-state index in [4.69, 9.17) is 4.98 Å². The van der Waals surface area contributed by atoms with Crippen molar-refractivity contribution in [1.82, 2.24) is 14.5 Å². The third-order valence-electron chi connectivity index (χ3n) is 5.09. The smallest absolute Gasteiger partial charge is 0.267 e. The minimum absolute atomic E-state index is 0.0574. The zero-order valence-electron chi connectivity index (χ0n) is 15.5. The molecule has 28 heavy (non-hydrogen) atoms. The normalized spacial score (nSPS) is 13.2. The average Bonchev–Trinajstić information content (AvgIpc) is 3.29. The van der Waals surface area contributed by atoms with Crippen molar-refractivity contribution in [2.45, 2.75) is 37.1 Å².